The average Bonchev–Trinajstić information content (AvgIpc) is 1.60. The van der Waals surface area contributed by atoms with Gasteiger partial charge in [-0.15, -0.1) is 0 Å². The minimum atomic E-state index is -4.26. The van der Waals surface area contributed by atoms with Gasteiger partial charge in [-0.3, -0.25) is 4.79 Å². The smallest absolute Gasteiger partial charge is 0.333 e. The number of amides is 9. The second kappa shape index (κ2) is 36.7. The average molecular weight is 1830 g/mol. The SMILES string of the molecule is CC(=O)NCC1COc2c(S(=O)(=O)NC(=O)Nc3c4c(cc5c3CCC5)CCC4)cnn2C1.CN[C@H]1COc2c(S(=O)(=O)NC(=O)Nc3c4c(c(F)c5c3CCC5)CCC4)cnn2C1.CO[C@H]1COc2c(S(=O)(=O)NC(=O)Nc3c(C(C)C)cc(F)cc3C(C)C)cnn2C1.CO[C@H]1COc2c(S(=O)(=O)NC(=O)Nc3c4c(c(F)c5c3CCC5)CCC4)cnn2C1. The van der Waals surface area contributed by atoms with Gasteiger partial charge in [-0.25, -0.2) is 104 Å². The molecule has 4 atom stereocenters. The van der Waals surface area contributed by atoms with E-state index in [1.54, 1.807) is 7.05 Å². The predicted molar refractivity (Wildman–Crippen MR) is 451 cm³/mol. The summed E-state index contributed by atoms with van der Waals surface area (Å²) in [5.74, 6) is -0.771. The molecule has 18 rings (SSSR count). The minimum absolute atomic E-state index is 0.0156. The van der Waals surface area contributed by atoms with Crippen LogP contribution in [0.4, 0.5) is 55.1 Å². The zero-order valence-electron chi connectivity index (χ0n) is 70.7. The summed E-state index contributed by atoms with van der Waals surface area (Å²) in [6.07, 6.45) is 18.4. The van der Waals surface area contributed by atoms with Crippen molar-refractivity contribution in [3.63, 3.8) is 0 Å². The van der Waals surface area contributed by atoms with E-state index in [2.05, 4.69) is 67.8 Å². The molecule has 8 heterocycles. The summed E-state index contributed by atoms with van der Waals surface area (Å²) in [4.78, 5) is 61.1. The lowest BCUT2D eigenvalue weighted by molar-refractivity contribution is -0.119. The molecule has 0 fully saturated rings. The maximum absolute atomic E-state index is 14.8. The Bertz CT molecular complexity index is 5820. The number of rotatable bonds is 19. The van der Waals surface area contributed by atoms with Crippen LogP contribution in [0, 0.1) is 23.4 Å². The molecule has 0 spiro atoms. The fourth-order valence-electron chi connectivity index (χ4n) is 17.9. The molecule has 6 aliphatic carbocycles. The Labute approximate surface area is 726 Å². The van der Waals surface area contributed by atoms with E-state index in [1.807, 2.05) is 37.1 Å². The van der Waals surface area contributed by atoms with E-state index in [-0.39, 0.29) is 116 Å². The Hall–Kier alpha value is -11.1. The Morgan fingerprint density at radius 2 is 0.730 bits per heavy atom. The molecule has 126 heavy (non-hydrogen) atoms. The number of anilines is 4. The van der Waals surface area contributed by atoms with Crippen molar-refractivity contribution in [3.8, 4) is 23.5 Å². The standard InChI is InChI=1S/C22H27N5O5S.C20H24FN5O4S.C20H23FN4O5S.C20H27FN4O5S/c1-13(28)23-9-14-11-27-21(32-12-14)19(10-24-27)33(30,31)26-22(29)25-20-17-6-2-4-15(17)8-16-5-3-7-18(16)20;1-22-11-9-26-19(30-10-11)16(8-23-26)31(28,29)25-20(27)24-18-14-6-2-4-12(14)17(21)13-5-3-7-15(13)18;1-29-11-9-25-19(30-10-11)16(8-22-25)31(27,28)24-20(26)23-18-14-6-2-4-12(14)17(21)13-5-3-7-15(13)18;1-11(2)15-6-13(21)7-16(12(3)4)18(15)23-20(26)24-31(27,28)17-8-22-25-9-14(29-5)10-30-19(17)25/h8,10,14H,2-7,9,11-12H2,1H3,(H,23,28)(H2,25,26,29);8,11,22H,2-7,9-10H2,1H3,(H2,24,25,27);8,11H,2-7,9-10H2,1H3,(H2,23,24,26);6-8,11-12,14H,9-10H2,1-5H3,(H2,23,24,26)/t;2*11-;14-/m.111/s1. The highest BCUT2D eigenvalue weighted by Crippen LogP contribution is 2.45. The normalized spacial score (nSPS) is 18.4. The molecule has 37 nitrogen and oxygen atoms in total. The van der Waals surface area contributed by atoms with Crippen LogP contribution in [-0.2, 0) is 158 Å². The first kappa shape index (κ1) is 89.8. The highest BCUT2D eigenvalue weighted by Gasteiger charge is 2.40. The van der Waals surface area contributed by atoms with Gasteiger partial charge in [-0.1, -0.05) is 33.8 Å². The molecule has 8 aromatic rings. The quantitative estimate of drug-likeness (QED) is 0.0365. The van der Waals surface area contributed by atoms with E-state index in [4.69, 9.17) is 28.4 Å². The lowest BCUT2D eigenvalue weighted by Crippen LogP contribution is -2.40. The number of aryl methyl sites for hydroxylation is 2. The summed E-state index contributed by atoms with van der Waals surface area (Å²) in [7, 11) is -12.0. The largest absolute Gasteiger partial charge is 0.476 e. The molecule has 0 bridgehead atoms. The summed E-state index contributed by atoms with van der Waals surface area (Å²) in [5, 5.41) is 32.9. The van der Waals surface area contributed by atoms with Gasteiger partial charge in [0.1, 0.15) is 49.5 Å². The van der Waals surface area contributed by atoms with Gasteiger partial charge >= 0.3 is 24.1 Å². The lowest BCUT2D eigenvalue weighted by atomic mass is 9.92. The van der Waals surface area contributed by atoms with Crippen molar-refractivity contribution in [2.75, 3.05) is 75.5 Å². The Balaban J connectivity index is 0.000000130. The van der Waals surface area contributed by atoms with Crippen molar-refractivity contribution in [1.82, 2.24) is 68.6 Å². The van der Waals surface area contributed by atoms with Crippen LogP contribution < -0.4 is 69.7 Å². The molecule has 0 saturated heterocycles. The number of carbonyl (C=O) groups is 5. The topological polar surface area (TPSA) is 469 Å². The molecule has 0 radical (unpaired) electrons. The monoisotopic (exact) mass is 1830 g/mol. The number of urea groups is 4. The number of sulfonamides is 4. The number of ether oxygens (including phenoxy) is 6. The first-order valence-corrected chi connectivity index (χ1v) is 47.8. The van der Waals surface area contributed by atoms with Crippen molar-refractivity contribution < 1.29 is 99.2 Å². The van der Waals surface area contributed by atoms with E-state index >= 15 is 0 Å². The number of methoxy groups -OCH3 is 2. The molecule has 9 amide bonds. The van der Waals surface area contributed by atoms with Crippen molar-refractivity contribution >= 4 is 92.9 Å². The van der Waals surface area contributed by atoms with E-state index < -0.39 is 70.0 Å². The first-order valence-electron chi connectivity index (χ1n) is 41.9. The van der Waals surface area contributed by atoms with Gasteiger partial charge in [0.15, 0.2) is 19.6 Å². The first-order chi connectivity index (χ1) is 60.1. The zero-order valence-corrected chi connectivity index (χ0v) is 74.0. The number of likely N-dealkylation sites (N-methyl/N-ethyl adjacent to an activating group) is 1. The Morgan fingerprint density at radius 1 is 0.421 bits per heavy atom. The number of carbonyl (C=O) groups excluding carboxylic acids is 5. The zero-order chi connectivity index (χ0) is 89.6. The number of nitrogens with zero attached hydrogens (tertiary/aromatic N) is 8. The van der Waals surface area contributed by atoms with Gasteiger partial charge < -0.3 is 60.3 Å². The summed E-state index contributed by atoms with van der Waals surface area (Å²) in [6.45, 7) is 11.7. The van der Waals surface area contributed by atoms with Crippen LogP contribution in [0.1, 0.15) is 163 Å². The maximum Gasteiger partial charge on any atom is 0.333 e. The summed E-state index contributed by atoms with van der Waals surface area (Å²) >= 11 is 0. The number of fused-ring (bicyclic) bond motifs is 10. The molecule has 0 saturated carbocycles. The van der Waals surface area contributed by atoms with Gasteiger partial charge in [-0.05, 0) is 224 Å². The molecule has 10 aliphatic rings. The van der Waals surface area contributed by atoms with Crippen molar-refractivity contribution in [3.05, 3.63) is 138 Å². The number of hydrogen-bond acceptors (Lipinski definition) is 24. The van der Waals surface area contributed by atoms with Gasteiger partial charge in [0, 0.05) is 56.4 Å². The van der Waals surface area contributed by atoms with Crippen LogP contribution in [0.3, 0.4) is 0 Å². The van der Waals surface area contributed by atoms with Gasteiger partial charge in [0.05, 0.1) is 63.6 Å². The molecule has 678 valence electrons. The van der Waals surface area contributed by atoms with Crippen LogP contribution in [-0.4, -0.2) is 175 Å². The van der Waals surface area contributed by atoms with E-state index in [9.17, 15) is 70.8 Å². The minimum Gasteiger partial charge on any atom is -0.476 e. The summed E-state index contributed by atoms with van der Waals surface area (Å²) < 4.78 is 193. The Morgan fingerprint density at radius 3 is 1.08 bits per heavy atom. The summed E-state index contributed by atoms with van der Waals surface area (Å²) in [6, 6.07) is 1.44. The van der Waals surface area contributed by atoms with E-state index in [0.29, 0.717) is 141 Å². The molecular formula is C82H101F3N18O19S4. The van der Waals surface area contributed by atoms with Crippen LogP contribution in [0.2, 0.25) is 0 Å². The van der Waals surface area contributed by atoms with Crippen molar-refractivity contribution in [1.29, 1.82) is 0 Å². The molecule has 4 aromatic carbocycles. The molecule has 4 aliphatic heterocycles. The number of hydrogen-bond donors (Lipinski definition) is 10. The highest BCUT2D eigenvalue weighted by molar-refractivity contribution is 7.91. The highest BCUT2D eigenvalue weighted by atomic mass is 32.2. The Kier molecular flexibility index (Phi) is 26.2. The number of halogens is 3. The van der Waals surface area contributed by atoms with Crippen LogP contribution in [0.15, 0.2) is 62.6 Å². The molecule has 44 heteroatoms. The van der Waals surface area contributed by atoms with Crippen molar-refractivity contribution in [2.24, 2.45) is 5.92 Å². The second-order valence-corrected chi connectivity index (χ2v) is 39.7. The van der Waals surface area contributed by atoms with Crippen LogP contribution in [0.25, 0.3) is 0 Å². The molecular weight excluding hydrogens is 1730 g/mol. The van der Waals surface area contributed by atoms with E-state index in [1.165, 1.54) is 75.5 Å². The fourth-order valence-corrected chi connectivity index (χ4v) is 21.9. The second-order valence-electron chi connectivity index (χ2n) is 33.1. The number of nitrogens with one attached hydrogen (secondary N) is 10. The third-order valence-corrected chi connectivity index (χ3v) is 29.3. The fraction of sp³-hybridized carbons (Fsp3) is 0.500. The maximum atomic E-state index is 14.8. The molecule has 10 N–H and O–H groups in total. The molecule has 4 aromatic heterocycles. The lowest BCUT2D eigenvalue weighted by Gasteiger charge is -2.24. The van der Waals surface area contributed by atoms with Gasteiger partial charge in [0.25, 0.3) is 40.1 Å². The number of aromatic nitrogens is 8. The van der Waals surface area contributed by atoms with E-state index in [0.717, 1.165) is 116 Å². The van der Waals surface area contributed by atoms with Crippen LogP contribution >= 0.6 is 0 Å². The van der Waals surface area contributed by atoms with Crippen LogP contribution in [0.5, 0.6) is 23.5 Å². The number of benzene rings is 4. The van der Waals surface area contributed by atoms with Gasteiger partial charge in [0.2, 0.25) is 29.4 Å². The van der Waals surface area contributed by atoms with Crippen molar-refractivity contribution in [2.45, 2.75) is 226 Å². The third-order valence-electron chi connectivity index (χ3n) is 24.1. The predicted octanol–water partition coefficient (Wildman–Crippen LogP) is 8.11. The van der Waals surface area contributed by atoms with Gasteiger partial charge in [-0.2, -0.15) is 20.4 Å². The summed E-state index contributed by atoms with van der Waals surface area (Å²) in [5.41, 5.74) is 13.9. The molecule has 1 unspecified atom stereocenters. The third kappa shape index (κ3) is 18.6.